The standard InChI is InChI=1S/C26H22N2P.CHF3O3S/c1-4-12-21(13-5-1)29(22-14-6-2-7-15-22,23-16-8-3-9-17-23)20-26-24-18-10-11-19-25(24)27-28-26;2-1(3,4)8(5,6)7/h1-19H,20H2,(H,27,28);(H,5,6,7)/q+1;/p-1. The second-order valence-corrected chi connectivity index (χ2v) is 12.9. The fourth-order valence-corrected chi connectivity index (χ4v) is 8.34. The molecule has 0 fully saturated rings. The van der Waals surface area contributed by atoms with E-state index < -0.39 is 22.9 Å². The Balaban J connectivity index is 0.000000349. The highest BCUT2D eigenvalue weighted by atomic mass is 32.2. The molecule has 0 atom stereocenters. The highest BCUT2D eigenvalue weighted by molar-refractivity contribution is 7.95. The number of para-hydroxylation sites is 1. The summed E-state index contributed by atoms with van der Waals surface area (Å²) in [6.45, 7) is 0. The summed E-state index contributed by atoms with van der Waals surface area (Å²) < 4.78 is 58.9. The Morgan fingerprint density at radius 2 is 1.08 bits per heavy atom. The first kappa shape index (κ1) is 26.5. The first-order valence-corrected chi connectivity index (χ1v) is 14.5. The Hall–Kier alpha value is -3.52. The number of aromatic amines is 1. The molecule has 1 aromatic heterocycles. The van der Waals surface area contributed by atoms with Crippen molar-refractivity contribution >= 4 is 44.2 Å². The molecular weight excluding hydrogens is 520 g/mol. The predicted molar refractivity (Wildman–Crippen MR) is 141 cm³/mol. The van der Waals surface area contributed by atoms with Crippen LogP contribution in [0.2, 0.25) is 0 Å². The summed E-state index contributed by atoms with van der Waals surface area (Å²) in [5.41, 5.74) is -3.42. The van der Waals surface area contributed by atoms with Gasteiger partial charge in [0.2, 0.25) is 0 Å². The number of nitrogens with one attached hydrogen (secondary N) is 1. The fourth-order valence-electron chi connectivity index (χ4n) is 4.14. The molecular formula is C27H22F3N2O3PS. The minimum absolute atomic E-state index is 0.908. The zero-order valence-corrected chi connectivity index (χ0v) is 21.0. The van der Waals surface area contributed by atoms with Gasteiger partial charge >= 0.3 is 5.51 Å². The van der Waals surface area contributed by atoms with E-state index in [2.05, 4.69) is 119 Å². The summed E-state index contributed by atoms with van der Waals surface area (Å²) in [6.07, 6.45) is 0.908. The number of hydrogen-bond acceptors (Lipinski definition) is 4. The largest absolute Gasteiger partial charge is 0.741 e. The van der Waals surface area contributed by atoms with Crippen LogP contribution in [0.25, 0.3) is 10.9 Å². The van der Waals surface area contributed by atoms with Gasteiger partial charge in [0.15, 0.2) is 10.1 Å². The van der Waals surface area contributed by atoms with E-state index >= 15 is 0 Å². The number of benzene rings is 4. The van der Waals surface area contributed by atoms with Crippen molar-refractivity contribution in [3.05, 3.63) is 121 Å². The molecule has 1 heterocycles. The van der Waals surface area contributed by atoms with Crippen molar-refractivity contribution in [2.75, 3.05) is 0 Å². The van der Waals surface area contributed by atoms with Crippen LogP contribution in [0, 0.1) is 0 Å². The zero-order valence-electron chi connectivity index (χ0n) is 19.3. The van der Waals surface area contributed by atoms with E-state index in [1.807, 2.05) is 6.07 Å². The lowest BCUT2D eigenvalue weighted by molar-refractivity contribution is -0.0517. The van der Waals surface area contributed by atoms with Crippen LogP contribution in [0.1, 0.15) is 5.69 Å². The quantitative estimate of drug-likeness (QED) is 0.190. The third kappa shape index (κ3) is 5.74. The average molecular weight is 543 g/mol. The number of rotatable bonds is 5. The summed E-state index contributed by atoms with van der Waals surface area (Å²) in [5, 5.41) is 13.3. The van der Waals surface area contributed by atoms with E-state index in [-0.39, 0.29) is 0 Å². The van der Waals surface area contributed by atoms with Gasteiger partial charge in [-0.05, 0) is 42.5 Å². The summed E-state index contributed by atoms with van der Waals surface area (Å²) >= 11 is 0. The maximum absolute atomic E-state index is 10.7. The molecule has 0 radical (unpaired) electrons. The molecule has 0 spiro atoms. The van der Waals surface area contributed by atoms with Gasteiger partial charge in [-0.25, -0.2) is 8.42 Å². The van der Waals surface area contributed by atoms with Crippen molar-refractivity contribution in [2.24, 2.45) is 0 Å². The van der Waals surface area contributed by atoms with Crippen LogP contribution in [0.15, 0.2) is 115 Å². The molecule has 0 saturated heterocycles. The van der Waals surface area contributed by atoms with Crippen molar-refractivity contribution in [3.63, 3.8) is 0 Å². The predicted octanol–water partition coefficient (Wildman–Crippen LogP) is 5.11. The van der Waals surface area contributed by atoms with Crippen molar-refractivity contribution in [1.29, 1.82) is 0 Å². The Labute approximate surface area is 213 Å². The molecule has 190 valence electrons. The molecule has 5 aromatic rings. The summed E-state index contributed by atoms with van der Waals surface area (Å²) in [7, 11) is -8.01. The highest BCUT2D eigenvalue weighted by Gasteiger charge is 2.46. The lowest BCUT2D eigenvalue weighted by Crippen LogP contribution is -2.32. The molecule has 0 aliphatic rings. The smallest absolute Gasteiger partial charge is 0.485 e. The Kier molecular flexibility index (Phi) is 7.78. The topological polar surface area (TPSA) is 85.9 Å². The number of nitrogens with zero attached hydrogens (tertiary/aromatic N) is 1. The van der Waals surface area contributed by atoms with Gasteiger partial charge in [-0.1, -0.05) is 72.8 Å². The van der Waals surface area contributed by atoms with Crippen LogP contribution in [0.3, 0.4) is 0 Å². The fraction of sp³-hybridized carbons (Fsp3) is 0.0741. The van der Waals surface area contributed by atoms with Crippen molar-refractivity contribution in [2.45, 2.75) is 11.7 Å². The summed E-state index contributed by atoms with van der Waals surface area (Å²) in [5.74, 6) is 0. The SMILES string of the molecule is O=S(=O)([O-])C(F)(F)F.c1ccc([P+](Cc2[nH]nc3ccccc23)(c2ccccc2)c2ccccc2)cc1. The van der Waals surface area contributed by atoms with Crippen molar-refractivity contribution in [1.82, 2.24) is 10.2 Å². The van der Waals surface area contributed by atoms with Gasteiger partial charge in [-0.15, -0.1) is 0 Å². The maximum atomic E-state index is 10.7. The molecule has 0 amide bonds. The Morgan fingerprint density at radius 3 is 1.49 bits per heavy atom. The third-order valence-electron chi connectivity index (χ3n) is 5.81. The van der Waals surface area contributed by atoms with E-state index in [0.717, 1.165) is 11.7 Å². The van der Waals surface area contributed by atoms with Crippen molar-refractivity contribution < 1.29 is 26.1 Å². The molecule has 0 aliphatic carbocycles. The number of halogens is 3. The van der Waals surface area contributed by atoms with E-state index in [0.29, 0.717) is 0 Å². The number of aromatic nitrogens is 2. The van der Waals surface area contributed by atoms with Crippen LogP contribution >= 0.6 is 7.26 Å². The molecule has 37 heavy (non-hydrogen) atoms. The minimum atomic E-state index is -6.09. The van der Waals surface area contributed by atoms with Crippen LogP contribution in [-0.2, 0) is 16.3 Å². The molecule has 0 bridgehead atoms. The number of H-pyrrole nitrogens is 1. The normalized spacial score (nSPS) is 12.1. The van der Waals surface area contributed by atoms with E-state index in [1.165, 1.54) is 27.0 Å². The molecule has 0 aliphatic heterocycles. The Bertz CT molecular complexity index is 1460. The van der Waals surface area contributed by atoms with Crippen LogP contribution in [0.4, 0.5) is 13.2 Å². The van der Waals surface area contributed by atoms with Gasteiger partial charge in [-0.3, -0.25) is 5.10 Å². The van der Waals surface area contributed by atoms with E-state index in [1.54, 1.807) is 0 Å². The lowest BCUT2D eigenvalue weighted by Gasteiger charge is -2.27. The molecule has 0 unspecified atom stereocenters. The molecule has 1 N–H and O–H groups in total. The number of hydrogen-bond donors (Lipinski definition) is 1. The molecule has 4 aromatic carbocycles. The zero-order chi connectivity index (χ0) is 26.5. The first-order valence-electron chi connectivity index (χ1n) is 11.1. The van der Waals surface area contributed by atoms with Gasteiger partial charge < -0.3 is 4.55 Å². The second kappa shape index (κ2) is 10.8. The average Bonchev–Trinajstić information content (AvgIpc) is 3.31. The van der Waals surface area contributed by atoms with Gasteiger partial charge in [0.25, 0.3) is 0 Å². The molecule has 10 heteroatoms. The van der Waals surface area contributed by atoms with Crippen molar-refractivity contribution in [3.8, 4) is 0 Å². The van der Waals surface area contributed by atoms with Crippen LogP contribution in [0.5, 0.6) is 0 Å². The molecule has 5 nitrogen and oxygen atoms in total. The lowest BCUT2D eigenvalue weighted by atomic mass is 10.2. The van der Waals surface area contributed by atoms with Gasteiger partial charge in [-0.2, -0.15) is 18.3 Å². The summed E-state index contributed by atoms with van der Waals surface area (Å²) in [4.78, 5) is 0. The van der Waals surface area contributed by atoms with Gasteiger partial charge in [0.05, 0.1) is 11.2 Å². The monoisotopic (exact) mass is 542 g/mol. The first-order chi connectivity index (χ1) is 17.6. The second-order valence-electron chi connectivity index (χ2n) is 8.09. The highest BCUT2D eigenvalue weighted by Crippen LogP contribution is 2.58. The van der Waals surface area contributed by atoms with E-state index in [9.17, 15) is 13.2 Å². The Morgan fingerprint density at radius 1 is 0.703 bits per heavy atom. The van der Waals surface area contributed by atoms with Gasteiger partial charge in [0.1, 0.15) is 29.3 Å². The summed E-state index contributed by atoms with van der Waals surface area (Å²) in [6, 6.07) is 41.3. The van der Waals surface area contributed by atoms with Crippen LogP contribution < -0.4 is 15.9 Å². The maximum Gasteiger partial charge on any atom is 0.485 e. The van der Waals surface area contributed by atoms with E-state index in [4.69, 9.17) is 13.0 Å². The third-order valence-corrected chi connectivity index (χ3v) is 10.7. The number of alkyl halides is 3. The minimum Gasteiger partial charge on any atom is -0.741 e. The number of fused-ring (bicyclic) bond motifs is 1. The molecule has 0 saturated carbocycles. The van der Waals surface area contributed by atoms with Crippen LogP contribution in [-0.4, -0.2) is 28.7 Å². The molecule has 5 rings (SSSR count). The van der Waals surface area contributed by atoms with Gasteiger partial charge in [0, 0.05) is 5.39 Å².